The maximum atomic E-state index is 15.5. The molecule has 784 valence electrons. The lowest BCUT2D eigenvalue weighted by molar-refractivity contribution is -0.259. The van der Waals surface area contributed by atoms with Crippen LogP contribution < -0.4 is 37.9 Å². The van der Waals surface area contributed by atoms with Crippen LogP contribution in [0.4, 0.5) is 91.0 Å². The molecule has 1 aliphatic carbocycles. The van der Waals surface area contributed by atoms with Crippen LogP contribution in [0.3, 0.4) is 0 Å². The lowest BCUT2D eigenvalue weighted by atomic mass is 9.74. The largest absolute Gasteiger partial charge is 0.514 e. The van der Waals surface area contributed by atoms with E-state index in [4.69, 9.17) is 75.8 Å². The predicted molar refractivity (Wildman–Crippen MR) is 493 cm³/mol. The molecule has 0 aliphatic heterocycles. The number of carbonyl (C=O) groups is 8. The summed E-state index contributed by atoms with van der Waals surface area (Å²) in [6, 6.07) is 20.3. The number of carbonyl (C=O) groups excluding carboxylic acids is 8. The van der Waals surface area contributed by atoms with E-state index in [9.17, 15) is 20.4 Å². The van der Waals surface area contributed by atoms with Gasteiger partial charge in [0.25, 0.3) is 0 Å². The molecule has 28 nitrogen and oxygen atoms in total. The van der Waals surface area contributed by atoms with Gasteiger partial charge in [0.1, 0.15) is 90.8 Å². The summed E-state index contributed by atoms with van der Waals surface area (Å²) in [6.07, 6.45) is -35.6. The number of hydrogen-bond acceptors (Lipinski definition) is 28. The van der Waals surface area contributed by atoms with Gasteiger partial charge in [0.2, 0.25) is 0 Å². The Bertz CT molecular complexity index is 5140. The summed E-state index contributed by atoms with van der Waals surface area (Å²) in [5, 5.41) is 46.3. The van der Waals surface area contributed by atoms with Crippen LogP contribution in [0.2, 0.25) is 0 Å². The molecule has 1 aliphatic rings. The molecule has 8 bridgehead atoms. The Morgan fingerprint density at radius 3 is 0.382 bits per heavy atom. The van der Waals surface area contributed by atoms with Gasteiger partial charge in [0, 0.05) is 92.4 Å². The Labute approximate surface area is 823 Å². The lowest BCUT2D eigenvalue weighted by Gasteiger charge is -2.33. The molecule has 0 radical (unpaired) electrons. The molecule has 0 saturated heterocycles. The zero-order valence-electron chi connectivity index (χ0n) is 84.3. The first-order chi connectivity index (χ1) is 65.1. The number of hydrogen-bond donors (Lipinski definition) is 4. The van der Waals surface area contributed by atoms with Crippen LogP contribution in [0.25, 0.3) is 0 Å². The van der Waals surface area contributed by atoms with E-state index < -0.39 is 300 Å². The van der Waals surface area contributed by atoms with Crippen molar-refractivity contribution < 1.29 is 187 Å². The number of halogens is 12. The van der Waals surface area contributed by atoms with Crippen molar-refractivity contribution in [3.63, 3.8) is 0 Å². The minimum Gasteiger partial charge on any atom is -0.428 e. The molecule has 144 heavy (non-hydrogen) atoms. The minimum atomic E-state index is -5.52. The van der Waals surface area contributed by atoms with E-state index in [-0.39, 0.29) is 0 Å². The Kier molecular flexibility index (Phi) is 32.2. The Morgan fingerprint density at radius 1 is 0.188 bits per heavy atom. The van der Waals surface area contributed by atoms with Gasteiger partial charge >= 0.3 is 73.9 Å². The summed E-state index contributed by atoms with van der Waals surface area (Å²) in [5.74, 6) is -16.8. The van der Waals surface area contributed by atoms with Crippen molar-refractivity contribution in [3.05, 3.63) is 235 Å². The molecule has 0 amide bonds. The van der Waals surface area contributed by atoms with Crippen LogP contribution in [-0.2, 0) is 60.3 Å². The van der Waals surface area contributed by atoms with Crippen LogP contribution in [0.5, 0.6) is 46.0 Å². The molecule has 8 aromatic carbocycles. The fraction of sp³-hybridized carbons (Fsp3) is 0.462. The second kappa shape index (κ2) is 40.5. The number of fused-ring (bicyclic) bond motifs is 8. The third-order valence-electron chi connectivity index (χ3n) is 21.2. The molecule has 4 unspecified atom stereocenters. The van der Waals surface area contributed by atoms with E-state index in [2.05, 4.69) is 0 Å². The molecule has 8 aromatic rings. The Morgan fingerprint density at radius 2 is 0.292 bits per heavy atom. The zero-order valence-corrected chi connectivity index (χ0v) is 84.3. The van der Waals surface area contributed by atoms with Crippen molar-refractivity contribution in [3.8, 4) is 46.0 Å². The van der Waals surface area contributed by atoms with E-state index >= 15 is 91.0 Å². The lowest BCUT2D eigenvalue weighted by Crippen LogP contribution is -2.39. The molecule has 0 heterocycles. The van der Waals surface area contributed by atoms with Gasteiger partial charge in [-0.3, -0.25) is 0 Å². The van der Waals surface area contributed by atoms with Crippen LogP contribution in [-0.4, -0.2) is 139 Å². The van der Waals surface area contributed by atoms with Crippen molar-refractivity contribution in [2.75, 3.05) is 0 Å². The molecular formula is C104H116F12O28. The monoisotopic (exact) mass is 2040 g/mol. The highest BCUT2D eigenvalue weighted by atomic mass is 19.4. The predicted octanol–water partition coefficient (Wildman–Crippen LogP) is 26.3. The summed E-state index contributed by atoms with van der Waals surface area (Å²) in [6.45, 7) is 34.2. The highest BCUT2D eigenvalue weighted by Gasteiger charge is 2.56. The van der Waals surface area contributed by atoms with Crippen LogP contribution in [0, 0.1) is 0 Å². The summed E-state index contributed by atoms with van der Waals surface area (Å²) in [5.41, 5.74) is -38.9. The SMILES string of the molecule is CC(C)(C)OC(=O)Oc1cc(OC(=O)OC(C)(C)C)c2cc1C(c1ccc(C(C)(O)C(F)(F)F)cc1)c1cc(c(OC(=O)OC(C)(C)C)cc1OC(=O)OC(C)(C)C)C(c1ccc(C(C)(O)C(F)(F)F)cc1)c1cc(c(OC(=O)OC(C)(C)C)cc1OC(=O)OC(C)(C)C)C(c1ccc(C(C)(O)C(F)(F)F)cc1)c1cc(c(OC(=O)OC(C)(C)C)cc1OC(=O)OC(C)(C)C)C2c1ccc(C(C)(O)C(F)(F)F)cc1. The maximum Gasteiger partial charge on any atom is 0.514 e. The molecule has 9 rings (SSSR count). The van der Waals surface area contributed by atoms with Gasteiger partial charge in [0.05, 0.1) is 0 Å². The molecule has 0 fully saturated rings. The molecule has 0 spiro atoms. The Hall–Kier alpha value is -13.1. The zero-order chi connectivity index (χ0) is 109. The number of rotatable bonds is 16. The van der Waals surface area contributed by atoms with E-state index in [0.717, 1.165) is 146 Å². The number of benzene rings is 8. The van der Waals surface area contributed by atoms with Crippen molar-refractivity contribution in [2.24, 2.45) is 0 Å². The number of alkyl halides is 12. The van der Waals surface area contributed by atoms with Crippen molar-refractivity contribution >= 4 is 49.2 Å². The molecule has 4 atom stereocenters. The van der Waals surface area contributed by atoms with E-state index in [0.29, 0.717) is 27.7 Å². The van der Waals surface area contributed by atoms with Crippen LogP contribution in [0.1, 0.15) is 307 Å². The maximum absolute atomic E-state index is 15.5. The molecular weight excluding hydrogens is 1930 g/mol. The van der Waals surface area contributed by atoms with E-state index in [1.807, 2.05) is 0 Å². The average molecular weight is 2040 g/mol. The highest BCUT2D eigenvalue weighted by molar-refractivity contribution is 5.79. The van der Waals surface area contributed by atoms with Gasteiger partial charge in [-0.2, -0.15) is 52.7 Å². The van der Waals surface area contributed by atoms with Gasteiger partial charge in [-0.05, 0) is 263 Å². The van der Waals surface area contributed by atoms with E-state index in [1.165, 1.54) is 166 Å². The third-order valence-corrected chi connectivity index (χ3v) is 21.2. The summed E-state index contributed by atoms with van der Waals surface area (Å²) in [7, 11) is 0. The average Bonchev–Trinajstić information content (AvgIpc) is 0.725. The first kappa shape index (κ1) is 115. The standard InChI is InChI=1S/C104H116F12O28/c1-89(2,3)137-81(117)129-69-49-70(130-82(118)138-90(4,5)6)62-45-61(69)77(53-29-37-57(38-30-53)97(25,125)101(105,106)107)63-46-64(72(132-84(120)140-92(10,11)12)50-71(63)131-83(119)139-91(7,8)9)79(55-33-41-59(42-34-55)99(27,127)103(111,112)113)67-48-68(76(136-88(124)144-96(22,23)24)52-75(67)135-87(123)143-95(19,20)21)80(56-35-43-60(44-36-56)100(28,128)104(114,115)116)66-47-65(78(62)54-31-39-58(40-32-54)98(26,126)102(108,109)110)73(133-85(121)141-93(13,14)15)51-74(66)134-86(122)142-94(16,17)18/h29-52,77-80,125-128H,1-28H3. The first-order valence-corrected chi connectivity index (χ1v) is 44.7. The summed E-state index contributed by atoms with van der Waals surface area (Å²) < 4.78 is 283. The first-order valence-electron chi connectivity index (χ1n) is 44.7. The van der Waals surface area contributed by atoms with Gasteiger partial charge < -0.3 is 96.2 Å². The summed E-state index contributed by atoms with van der Waals surface area (Å²) >= 11 is 0. The smallest absolute Gasteiger partial charge is 0.428 e. The Balaban J connectivity index is 1.85. The van der Waals surface area contributed by atoms with Gasteiger partial charge in [0.15, 0.2) is 22.4 Å². The van der Waals surface area contributed by atoms with Gasteiger partial charge in [-0.15, -0.1) is 0 Å². The second-order valence-corrected chi connectivity index (χ2v) is 42.7. The number of ether oxygens (including phenoxy) is 16. The second-order valence-electron chi connectivity index (χ2n) is 42.7. The van der Waals surface area contributed by atoms with Gasteiger partial charge in [-0.1, -0.05) is 97.1 Å². The minimum absolute atomic E-state index is 0.375. The van der Waals surface area contributed by atoms with E-state index in [1.54, 1.807) is 0 Å². The fourth-order valence-corrected chi connectivity index (χ4v) is 14.5. The topological polar surface area (TPSA) is 365 Å². The van der Waals surface area contributed by atoms with Gasteiger partial charge in [-0.25, -0.2) is 38.4 Å². The number of aliphatic hydroxyl groups is 4. The third kappa shape index (κ3) is 28.7. The highest BCUT2D eigenvalue weighted by Crippen LogP contribution is 2.58. The molecule has 40 heteroatoms. The van der Waals surface area contributed by atoms with Crippen molar-refractivity contribution in [1.82, 2.24) is 0 Å². The normalized spacial score (nSPS) is 16.9. The fourth-order valence-electron chi connectivity index (χ4n) is 14.5. The van der Waals surface area contributed by atoms with Crippen LogP contribution in [0.15, 0.2) is 146 Å². The quantitative estimate of drug-likeness (QED) is 0.0302. The molecule has 4 N–H and O–H groups in total. The summed E-state index contributed by atoms with van der Waals surface area (Å²) in [4.78, 5) is 122. The van der Waals surface area contributed by atoms with Crippen LogP contribution >= 0.6 is 0 Å². The van der Waals surface area contributed by atoms with Crippen molar-refractivity contribution in [1.29, 1.82) is 0 Å². The molecule has 0 aromatic heterocycles. The van der Waals surface area contributed by atoms with Crippen molar-refractivity contribution in [2.45, 2.75) is 309 Å². The molecule has 0 saturated carbocycles.